The van der Waals surface area contributed by atoms with Gasteiger partial charge in [-0.3, -0.25) is 9.59 Å². The molecule has 0 saturated carbocycles. The second kappa shape index (κ2) is 8.94. The van der Waals surface area contributed by atoms with Gasteiger partial charge in [-0.25, -0.2) is 4.98 Å². The van der Waals surface area contributed by atoms with Gasteiger partial charge in [0.05, 0.1) is 11.1 Å². The van der Waals surface area contributed by atoms with Gasteiger partial charge in [-0.2, -0.15) is 4.98 Å². The highest BCUT2D eigenvalue weighted by Gasteiger charge is 2.21. The summed E-state index contributed by atoms with van der Waals surface area (Å²) in [6.07, 6.45) is 1.32. The molecule has 0 radical (unpaired) electrons. The molecule has 0 spiro atoms. The molecule has 1 aliphatic rings. The first-order chi connectivity index (χ1) is 15.8. The molecule has 1 saturated heterocycles. The van der Waals surface area contributed by atoms with Crippen molar-refractivity contribution >= 4 is 40.1 Å². The van der Waals surface area contributed by atoms with Crippen molar-refractivity contribution in [3.05, 3.63) is 40.2 Å². The Morgan fingerprint density at radius 1 is 1.18 bits per heavy atom. The van der Waals surface area contributed by atoms with Crippen LogP contribution in [0.2, 0.25) is 0 Å². The van der Waals surface area contributed by atoms with Crippen LogP contribution in [0.4, 0.5) is 23.1 Å². The zero-order chi connectivity index (χ0) is 23.7. The second-order valence-corrected chi connectivity index (χ2v) is 7.88. The van der Waals surface area contributed by atoms with Crippen LogP contribution in [-0.2, 0) is 6.54 Å². The normalized spacial score (nSPS) is 14.5. The number of fused-ring (bicyclic) bond motifs is 1. The van der Waals surface area contributed by atoms with E-state index in [1.807, 2.05) is 13.0 Å². The molecular formula is C22H28N8O3. The van der Waals surface area contributed by atoms with Crippen LogP contribution in [0.5, 0.6) is 5.75 Å². The SMILES string of the molecule is CCN1CCN(c2ccc(Nc3ncc4c(=O)c(C(N)=O)c(N)n(CC)c4n3)c(O)c2)CC1. The number of primary amides is 1. The van der Waals surface area contributed by atoms with E-state index in [-0.39, 0.29) is 34.1 Å². The number of nitrogens with one attached hydrogen (secondary N) is 1. The van der Waals surface area contributed by atoms with E-state index in [0.29, 0.717) is 12.2 Å². The summed E-state index contributed by atoms with van der Waals surface area (Å²) >= 11 is 0. The number of rotatable bonds is 6. The smallest absolute Gasteiger partial charge is 0.256 e. The van der Waals surface area contributed by atoms with Crippen molar-refractivity contribution in [3.63, 3.8) is 0 Å². The lowest BCUT2D eigenvalue weighted by molar-refractivity contribution is 0.1000. The third kappa shape index (κ3) is 4.14. The number of amides is 1. The second-order valence-electron chi connectivity index (χ2n) is 7.88. The van der Waals surface area contributed by atoms with Gasteiger partial charge in [0.25, 0.3) is 5.91 Å². The standard InChI is InChI=1S/C22H28N8O3/c1-3-28-7-9-29(10-8-28)13-5-6-15(16(31)11-13)26-22-25-12-14-18(32)17(20(24)33)19(23)30(4-2)21(14)27-22/h5-6,11-12,31H,3-4,7-10,23H2,1-2H3,(H2,24,33)(H,25,26,27). The molecule has 0 bridgehead atoms. The van der Waals surface area contributed by atoms with Crippen LogP contribution in [0.1, 0.15) is 24.2 Å². The Bertz CT molecular complexity index is 1260. The number of aryl methyl sites for hydroxylation is 1. The van der Waals surface area contributed by atoms with Gasteiger partial charge < -0.3 is 36.3 Å². The van der Waals surface area contributed by atoms with Crippen LogP contribution >= 0.6 is 0 Å². The Labute approximate surface area is 190 Å². The summed E-state index contributed by atoms with van der Waals surface area (Å²) in [4.78, 5) is 37.6. The third-order valence-electron chi connectivity index (χ3n) is 6.02. The van der Waals surface area contributed by atoms with Crippen LogP contribution in [0.3, 0.4) is 0 Å². The van der Waals surface area contributed by atoms with E-state index in [4.69, 9.17) is 11.5 Å². The number of hydrogen-bond acceptors (Lipinski definition) is 9. The molecule has 3 heterocycles. The minimum atomic E-state index is -0.898. The van der Waals surface area contributed by atoms with Gasteiger partial charge in [-0.15, -0.1) is 0 Å². The van der Waals surface area contributed by atoms with Crippen molar-refractivity contribution in [1.82, 2.24) is 19.4 Å². The fraction of sp³-hybridized carbons (Fsp3) is 0.364. The van der Waals surface area contributed by atoms with Gasteiger partial charge >= 0.3 is 0 Å². The zero-order valence-electron chi connectivity index (χ0n) is 18.7. The van der Waals surface area contributed by atoms with Gasteiger partial charge in [-0.05, 0) is 25.6 Å². The number of likely N-dealkylation sites (N-methyl/N-ethyl adjacent to an activating group) is 1. The summed E-state index contributed by atoms with van der Waals surface area (Å²) in [5.74, 6) is -0.701. The maximum atomic E-state index is 12.7. The lowest BCUT2D eigenvalue weighted by Gasteiger charge is -2.35. The largest absolute Gasteiger partial charge is 0.506 e. The Morgan fingerprint density at radius 2 is 1.91 bits per heavy atom. The summed E-state index contributed by atoms with van der Waals surface area (Å²) in [6.45, 7) is 9.14. The molecule has 11 nitrogen and oxygen atoms in total. The van der Waals surface area contributed by atoms with E-state index in [9.17, 15) is 14.7 Å². The lowest BCUT2D eigenvalue weighted by atomic mass is 10.1. The summed E-state index contributed by atoms with van der Waals surface area (Å²) < 4.78 is 1.53. The number of piperazine rings is 1. The molecule has 0 atom stereocenters. The summed E-state index contributed by atoms with van der Waals surface area (Å²) in [5, 5.41) is 13.7. The van der Waals surface area contributed by atoms with Crippen molar-refractivity contribution in [3.8, 4) is 5.75 Å². The number of anilines is 4. The fourth-order valence-corrected chi connectivity index (χ4v) is 4.12. The van der Waals surface area contributed by atoms with E-state index in [2.05, 4.69) is 32.0 Å². The van der Waals surface area contributed by atoms with Gasteiger partial charge in [-0.1, -0.05) is 6.92 Å². The average Bonchev–Trinajstić information content (AvgIpc) is 2.80. The van der Waals surface area contributed by atoms with Crippen LogP contribution in [0.15, 0.2) is 29.2 Å². The first kappa shape index (κ1) is 22.3. The molecule has 0 aliphatic carbocycles. The molecule has 1 amide bonds. The third-order valence-corrected chi connectivity index (χ3v) is 6.02. The summed E-state index contributed by atoms with van der Waals surface area (Å²) in [7, 11) is 0. The fourth-order valence-electron chi connectivity index (χ4n) is 4.12. The van der Waals surface area contributed by atoms with E-state index in [1.54, 1.807) is 12.1 Å². The maximum Gasteiger partial charge on any atom is 0.256 e. The minimum Gasteiger partial charge on any atom is -0.506 e. The summed E-state index contributed by atoms with van der Waals surface area (Å²) in [6, 6.07) is 5.41. The number of hydrogen-bond donors (Lipinski definition) is 4. The number of pyridine rings is 1. The van der Waals surface area contributed by atoms with Crippen molar-refractivity contribution in [2.75, 3.05) is 48.7 Å². The zero-order valence-corrected chi connectivity index (χ0v) is 18.7. The first-order valence-electron chi connectivity index (χ1n) is 10.9. The monoisotopic (exact) mass is 452 g/mol. The maximum absolute atomic E-state index is 12.7. The van der Waals surface area contributed by atoms with Crippen LogP contribution in [-0.4, -0.2) is 63.2 Å². The number of benzene rings is 1. The molecule has 2 aromatic heterocycles. The van der Waals surface area contributed by atoms with Crippen molar-refractivity contribution < 1.29 is 9.90 Å². The predicted molar refractivity (Wildman–Crippen MR) is 128 cm³/mol. The Morgan fingerprint density at radius 3 is 2.52 bits per heavy atom. The van der Waals surface area contributed by atoms with Crippen LogP contribution < -0.4 is 27.1 Å². The molecule has 6 N–H and O–H groups in total. The highest BCUT2D eigenvalue weighted by Crippen LogP contribution is 2.31. The predicted octanol–water partition coefficient (Wildman–Crippen LogP) is 1.08. The van der Waals surface area contributed by atoms with E-state index in [1.165, 1.54) is 10.8 Å². The molecule has 3 aromatic rings. The van der Waals surface area contributed by atoms with Crippen molar-refractivity contribution in [2.24, 2.45) is 5.73 Å². The van der Waals surface area contributed by atoms with E-state index < -0.39 is 11.3 Å². The molecule has 1 fully saturated rings. The molecule has 0 unspecified atom stereocenters. The quantitative estimate of drug-likeness (QED) is 0.402. The first-order valence-corrected chi connectivity index (χ1v) is 10.9. The molecular weight excluding hydrogens is 424 g/mol. The number of carbonyl (C=O) groups excluding carboxylic acids is 1. The lowest BCUT2D eigenvalue weighted by Crippen LogP contribution is -2.46. The number of phenolic OH excluding ortho intramolecular Hbond substituents is 1. The number of phenols is 1. The number of nitrogens with zero attached hydrogens (tertiary/aromatic N) is 5. The number of nitrogens with two attached hydrogens (primary N) is 2. The Balaban J connectivity index is 1.63. The number of carbonyl (C=O) groups is 1. The molecule has 1 aromatic carbocycles. The van der Waals surface area contributed by atoms with Crippen LogP contribution in [0, 0.1) is 0 Å². The number of nitrogen functional groups attached to an aromatic ring is 1. The topological polar surface area (TPSA) is 156 Å². The molecule has 33 heavy (non-hydrogen) atoms. The number of aromatic hydroxyl groups is 1. The Kier molecular flexibility index (Phi) is 6.05. The minimum absolute atomic E-state index is 0.0393. The Hall–Kier alpha value is -3.86. The van der Waals surface area contributed by atoms with Gasteiger partial charge in [0.15, 0.2) is 5.65 Å². The van der Waals surface area contributed by atoms with Crippen molar-refractivity contribution in [2.45, 2.75) is 20.4 Å². The highest BCUT2D eigenvalue weighted by atomic mass is 16.3. The molecule has 174 valence electrons. The van der Waals surface area contributed by atoms with E-state index >= 15 is 0 Å². The van der Waals surface area contributed by atoms with Crippen LogP contribution in [0.25, 0.3) is 11.0 Å². The average molecular weight is 453 g/mol. The molecule has 11 heteroatoms. The van der Waals surface area contributed by atoms with Gasteiger partial charge in [0.1, 0.15) is 17.1 Å². The van der Waals surface area contributed by atoms with E-state index in [0.717, 1.165) is 38.4 Å². The molecule has 4 rings (SSSR count). The summed E-state index contributed by atoms with van der Waals surface area (Å²) in [5.41, 5.74) is 12.1. The molecule has 1 aliphatic heterocycles. The van der Waals surface area contributed by atoms with Gasteiger partial charge in [0, 0.05) is 50.7 Å². The van der Waals surface area contributed by atoms with Crippen molar-refractivity contribution in [1.29, 1.82) is 0 Å². The highest BCUT2D eigenvalue weighted by molar-refractivity contribution is 6.00. The number of aromatic nitrogens is 3. The van der Waals surface area contributed by atoms with Gasteiger partial charge in [0.2, 0.25) is 11.4 Å².